The normalized spacial score (nSPS) is 13.6. The predicted molar refractivity (Wildman–Crippen MR) is 188 cm³/mol. The van der Waals surface area contributed by atoms with Crippen molar-refractivity contribution in [2.45, 2.75) is 26.2 Å². The molecule has 0 aliphatic heterocycles. The van der Waals surface area contributed by atoms with Crippen LogP contribution < -0.4 is 0 Å². The van der Waals surface area contributed by atoms with Gasteiger partial charge in [-0.05, 0) is 88.8 Å². The second-order valence-corrected chi connectivity index (χ2v) is 12.8. The van der Waals surface area contributed by atoms with Crippen LogP contribution in [-0.4, -0.2) is 9.13 Å². The van der Waals surface area contributed by atoms with E-state index in [1.165, 1.54) is 82.7 Å². The Bertz CT molecular complexity index is 2500. The summed E-state index contributed by atoms with van der Waals surface area (Å²) in [5.41, 5.74) is 15.0. The van der Waals surface area contributed by atoms with Crippen LogP contribution in [-0.2, 0) is 5.41 Å². The summed E-state index contributed by atoms with van der Waals surface area (Å²) < 4.78 is 4.71. The van der Waals surface area contributed by atoms with Crippen molar-refractivity contribution < 1.29 is 0 Å². The maximum absolute atomic E-state index is 4.27. The summed E-state index contributed by atoms with van der Waals surface area (Å²) in [4.78, 5) is 0. The average Bonchev–Trinajstić information content (AvgIpc) is 3.64. The molecule has 9 rings (SSSR count). The number of nitrogens with zero attached hydrogens (tertiary/aromatic N) is 2. The van der Waals surface area contributed by atoms with Crippen LogP contribution in [0.1, 0.15) is 31.9 Å². The van der Waals surface area contributed by atoms with Gasteiger partial charge in [0, 0.05) is 38.3 Å². The molecule has 1 aliphatic rings. The lowest BCUT2D eigenvalue weighted by Gasteiger charge is -2.22. The van der Waals surface area contributed by atoms with Gasteiger partial charge >= 0.3 is 0 Å². The van der Waals surface area contributed by atoms with E-state index >= 15 is 0 Å². The van der Waals surface area contributed by atoms with Gasteiger partial charge in [-0.3, -0.25) is 0 Å². The van der Waals surface area contributed by atoms with E-state index in [0.717, 1.165) is 5.70 Å². The van der Waals surface area contributed by atoms with Gasteiger partial charge < -0.3 is 9.13 Å². The van der Waals surface area contributed by atoms with Gasteiger partial charge in [-0.15, -0.1) is 0 Å². The second kappa shape index (κ2) is 8.84. The summed E-state index contributed by atoms with van der Waals surface area (Å²) in [7, 11) is 0. The highest BCUT2D eigenvalue weighted by Gasteiger charge is 2.35. The summed E-state index contributed by atoms with van der Waals surface area (Å²) in [6, 6.07) is 47.1. The lowest BCUT2D eigenvalue weighted by molar-refractivity contribution is 0.660. The molecule has 2 aromatic heterocycles. The van der Waals surface area contributed by atoms with Gasteiger partial charge in [0.25, 0.3) is 0 Å². The number of aromatic nitrogens is 2. The van der Waals surface area contributed by atoms with E-state index in [4.69, 9.17) is 0 Å². The minimum Gasteiger partial charge on any atom is -0.314 e. The van der Waals surface area contributed by atoms with Crippen LogP contribution in [0, 0.1) is 0 Å². The number of para-hydroxylation sites is 2. The van der Waals surface area contributed by atoms with Crippen molar-refractivity contribution >= 4 is 49.3 Å². The van der Waals surface area contributed by atoms with Crippen molar-refractivity contribution in [1.82, 2.24) is 9.13 Å². The van der Waals surface area contributed by atoms with Crippen molar-refractivity contribution in [1.29, 1.82) is 0 Å². The Morgan fingerprint density at radius 2 is 1.07 bits per heavy atom. The molecule has 0 unspecified atom stereocenters. The molecule has 8 aromatic rings. The Hall–Kier alpha value is -5.34. The molecule has 1 aliphatic carbocycles. The van der Waals surface area contributed by atoms with E-state index in [1.807, 2.05) is 0 Å². The largest absolute Gasteiger partial charge is 0.314 e. The zero-order valence-corrected chi connectivity index (χ0v) is 25.2. The molecule has 0 amide bonds. The van der Waals surface area contributed by atoms with Crippen molar-refractivity contribution in [3.8, 4) is 27.9 Å². The van der Waals surface area contributed by atoms with Gasteiger partial charge in [-0.25, -0.2) is 0 Å². The Morgan fingerprint density at radius 1 is 0.523 bits per heavy atom. The number of hydrogen-bond donors (Lipinski definition) is 0. The average molecular weight is 565 g/mol. The van der Waals surface area contributed by atoms with Crippen molar-refractivity contribution in [2.75, 3.05) is 0 Å². The lowest BCUT2D eigenvalue weighted by atomic mass is 9.82. The van der Waals surface area contributed by atoms with Gasteiger partial charge in [-0.1, -0.05) is 99.3 Å². The van der Waals surface area contributed by atoms with E-state index in [9.17, 15) is 0 Å². The number of fused-ring (bicyclic) bond motifs is 9. The summed E-state index contributed by atoms with van der Waals surface area (Å²) in [5, 5.41) is 5.05. The molecule has 0 N–H and O–H groups in total. The molecule has 2 nitrogen and oxygen atoms in total. The number of allylic oxidation sites excluding steroid dienone is 1. The summed E-state index contributed by atoms with van der Waals surface area (Å²) >= 11 is 0. The third kappa shape index (κ3) is 3.31. The Balaban J connectivity index is 1.24. The summed E-state index contributed by atoms with van der Waals surface area (Å²) in [6.45, 7) is 11.0. The van der Waals surface area contributed by atoms with Crippen LogP contribution in [0.2, 0.25) is 0 Å². The smallest absolute Gasteiger partial charge is 0.0541 e. The minimum absolute atomic E-state index is 0.0419. The third-order valence-electron chi connectivity index (χ3n) is 9.89. The third-order valence-corrected chi connectivity index (χ3v) is 9.89. The highest BCUT2D eigenvalue weighted by Crippen LogP contribution is 2.49. The fraction of sp³-hybridized carbons (Fsp3) is 0.0952. The van der Waals surface area contributed by atoms with Crippen molar-refractivity contribution in [3.63, 3.8) is 0 Å². The van der Waals surface area contributed by atoms with Gasteiger partial charge in [0.05, 0.1) is 22.1 Å². The Morgan fingerprint density at radius 3 is 1.82 bits per heavy atom. The lowest BCUT2D eigenvalue weighted by Crippen LogP contribution is -2.15. The van der Waals surface area contributed by atoms with Crippen molar-refractivity contribution in [2.24, 2.45) is 0 Å². The van der Waals surface area contributed by atoms with Crippen LogP contribution >= 0.6 is 0 Å². The monoisotopic (exact) mass is 564 g/mol. The van der Waals surface area contributed by atoms with Crippen LogP contribution in [0.3, 0.4) is 0 Å². The van der Waals surface area contributed by atoms with Crippen LogP contribution in [0.4, 0.5) is 0 Å². The first-order chi connectivity index (χ1) is 21.4. The van der Waals surface area contributed by atoms with E-state index in [-0.39, 0.29) is 5.41 Å². The van der Waals surface area contributed by atoms with Gasteiger partial charge in [0.15, 0.2) is 0 Å². The first kappa shape index (κ1) is 25.2. The molecule has 6 aromatic carbocycles. The van der Waals surface area contributed by atoms with Crippen molar-refractivity contribution in [3.05, 3.63) is 145 Å². The Kier molecular flexibility index (Phi) is 5.06. The maximum atomic E-state index is 4.27. The zero-order valence-electron chi connectivity index (χ0n) is 25.2. The molecule has 44 heavy (non-hydrogen) atoms. The molecule has 0 saturated heterocycles. The SMILES string of the molecule is C=C(C)n1c2ccccc2c2cc(-c3ccc4c(c3)c3ccccc3n4-c3ccc4c(c3)C(C)(C)c3ccccc3-4)ccc21. The van der Waals surface area contributed by atoms with E-state index in [0.29, 0.717) is 0 Å². The van der Waals surface area contributed by atoms with Crippen LogP contribution in [0.25, 0.3) is 77.2 Å². The van der Waals surface area contributed by atoms with Gasteiger partial charge in [0.2, 0.25) is 0 Å². The van der Waals surface area contributed by atoms with Gasteiger partial charge in [-0.2, -0.15) is 0 Å². The molecule has 0 fully saturated rings. The molecule has 0 spiro atoms. The topological polar surface area (TPSA) is 9.86 Å². The quantitative estimate of drug-likeness (QED) is 0.202. The fourth-order valence-electron chi connectivity index (χ4n) is 7.83. The standard InChI is InChI=1S/C42H32N2/c1-26(2)43-38-15-9-6-12-32(38)34-23-27(17-21-40(34)43)28-18-22-41-35(24-28)33-13-7-10-16-39(33)44(41)29-19-20-31-30-11-5-8-14-36(30)42(3,4)37(31)25-29/h5-25H,1H2,2-4H3. The molecule has 210 valence electrons. The molecule has 0 radical (unpaired) electrons. The molecule has 2 heterocycles. The molecular weight excluding hydrogens is 532 g/mol. The number of hydrogen-bond acceptors (Lipinski definition) is 0. The molecule has 0 bridgehead atoms. The first-order valence-corrected chi connectivity index (χ1v) is 15.4. The van der Waals surface area contributed by atoms with Crippen LogP contribution in [0.15, 0.2) is 134 Å². The predicted octanol–water partition coefficient (Wildman–Crippen LogP) is 11.4. The zero-order chi connectivity index (χ0) is 29.7. The highest BCUT2D eigenvalue weighted by molar-refractivity contribution is 6.13. The van der Waals surface area contributed by atoms with Crippen LogP contribution in [0.5, 0.6) is 0 Å². The Labute approximate surface area is 257 Å². The molecule has 0 saturated carbocycles. The number of benzene rings is 6. The minimum atomic E-state index is -0.0419. The van der Waals surface area contributed by atoms with E-state index in [1.54, 1.807) is 0 Å². The maximum Gasteiger partial charge on any atom is 0.0541 e. The molecule has 0 atom stereocenters. The molecular formula is C42H32N2. The molecule has 2 heteroatoms. The fourth-order valence-corrected chi connectivity index (χ4v) is 7.83. The number of rotatable bonds is 3. The van der Waals surface area contributed by atoms with Gasteiger partial charge in [0.1, 0.15) is 0 Å². The first-order valence-electron chi connectivity index (χ1n) is 15.4. The highest BCUT2D eigenvalue weighted by atomic mass is 15.0. The summed E-state index contributed by atoms with van der Waals surface area (Å²) in [5.74, 6) is 0. The second-order valence-electron chi connectivity index (χ2n) is 12.8. The summed E-state index contributed by atoms with van der Waals surface area (Å²) in [6.07, 6.45) is 0. The van der Waals surface area contributed by atoms with E-state index in [2.05, 4.69) is 164 Å². The van der Waals surface area contributed by atoms with E-state index < -0.39 is 0 Å².